The molecule has 88 valence electrons. The highest BCUT2D eigenvalue weighted by Crippen LogP contribution is 2.26. The largest absolute Gasteiger partial charge is 0.480 e. The van der Waals surface area contributed by atoms with Crippen LogP contribution in [0.1, 0.15) is 17.6 Å². The van der Waals surface area contributed by atoms with E-state index in [2.05, 4.69) is 0 Å². The van der Waals surface area contributed by atoms with Gasteiger partial charge in [-0.3, -0.25) is 4.79 Å². The smallest absolute Gasteiger partial charge is 0.320 e. The van der Waals surface area contributed by atoms with Crippen molar-refractivity contribution in [2.75, 3.05) is 0 Å². The van der Waals surface area contributed by atoms with Crippen LogP contribution in [0.3, 0.4) is 0 Å². The first-order chi connectivity index (χ1) is 7.41. The van der Waals surface area contributed by atoms with Crippen LogP contribution in [-0.4, -0.2) is 17.1 Å². The van der Waals surface area contributed by atoms with Gasteiger partial charge in [0.05, 0.1) is 0 Å². The number of aliphatic carboxylic acids is 1. The molecule has 0 aliphatic carbocycles. The molecule has 0 saturated carbocycles. The normalized spacial score (nSPS) is 12.8. The number of rotatable bonds is 4. The second-order valence-electron chi connectivity index (χ2n) is 3.29. The molecule has 1 aromatic carbocycles. The lowest BCUT2D eigenvalue weighted by Gasteiger charge is -2.11. The molecule has 0 radical (unpaired) electrons. The third-order valence-electron chi connectivity index (χ3n) is 2.10. The molecule has 3 N–H and O–H groups in total. The maximum Gasteiger partial charge on any atom is 0.320 e. The van der Waals surface area contributed by atoms with Crippen molar-refractivity contribution in [2.24, 2.45) is 5.73 Å². The van der Waals surface area contributed by atoms with E-state index in [0.717, 1.165) is 0 Å². The van der Waals surface area contributed by atoms with Crippen molar-refractivity contribution in [2.45, 2.75) is 18.9 Å². The lowest BCUT2D eigenvalue weighted by molar-refractivity contribution is -0.138. The highest BCUT2D eigenvalue weighted by molar-refractivity contribution is 6.30. The molecule has 0 spiro atoms. The van der Waals surface area contributed by atoms with Gasteiger partial charge in [-0.15, -0.1) is 0 Å². The molecule has 16 heavy (non-hydrogen) atoms. The maximum absolute atomic E-state index is 12.6. The number of hydrogen-bond donors (Lipinski definition) is 2. The molecule has 6 heteroatoms. The van der Waals surface area contributed by atoms with Crippen LogP contribution in [0, 0.1) is 0 Å². The van der Waals surface area contributed by atoms with E-state index in [9.17, 15) is 13.6 Å². The Morgan fingerprint density at radius 1 is 1.50 bits per heavy atom. The van der Waals surface area contributed by atoms with E-state index in [0.29, 0.717) is 0 Å². The zero-order valence-electron chi connectivity index (χ0n) is 8.16. The average molecular weight is 250 g/mol. The van der Waals surface area contributed by atoms with Gasteiger partial charge >= 0.3 is 5.97 Å². The summed E-state index contributed by atoms with van der Waals surface area (Å²) in [5, 5.41) is 8.87. The van der Waals surface area contributed by atoms with Gasteiger partial charge in [0, 0.05) is 10.6 Å². The minimum absolute atomic E-state index is 0.164. The number of carboxylic acid groups (broad SMARTS) is 1. The Morgan fingerprint density at radius 2 is 2.12 bits per heavy atom. The summed E-state index contributed by atoms with van der Waals surface area (Å²) in [6, 6.07) is 2.61. The summed E-state index contributed by atoms with van der Waals surface area (Å²) in [5.41, 5.74) is 5.21. The predicted octanol–water partition coefficient (Wildman–Crippen LogP) is 2.23. The van der Waals surface area contributed by atoms with E-state index in [1.807, 2.05) is 0 Å². The monoisotopic (exact) mass is 249 g/mol. The Bertz CT molecular complexity index is 398. The Balaban J connectivity index is 3.01. The Kier molecular flexibility index (Phi) is 4.20. The van der Waals surface area contributed by atoms with Crippen molar-refractivity contribution >= 4 is 17.6 Å². The lowest BCUT2D eigenvalue weighted by Crippen LogP contribution is -2.32. The topological polar surface area (TPSA) is 63.3 Å². The Labute approximate surface area is 95.8 Å². The van der Waals surface area contributed by atoms with Gasteiger partial charge < -0.3 is 10.8 Å². The summed E-state index contributed by atoms with van der Waals surface area (Å²) in [4.78, 5) is 10.5. The summed E-state index contributed by atoms with van der Waals surface area (Å²) in [6.07, 6.45) is -2.84. The van der Waals surface area contributed by atoms with Gasteiger partial charge in [-0.1, -0.05) is 17.7 Å². The molecule has 0 bridgehead atoms. The second kappa shape index (κ2) is 5.23. The molecule has 0 aliphatic rings. The fourth-order valence-corrected chi connectivity index (χ4v) is 1.48. The van der Waals surface area contributed by atoms with Crippen LogP contribution in [0.4, 0.5) is 8.78 Å². The first kappa shape index (κ1) is 12.9. The predicted molar refractivity (Wildman–Crippen MR) is 55.7 cm³/mol. The number of carbonyl (C=O) groups is 1. The van der Waals surface area contributed by atoms with Crippen LogP contribution in [0.25, 0.3) is 0 Å². The lowest BCUT2D eigenvalue weighted by atomic mass is 10.0. The highest BCUT2D eigenvalue weighted by atomic mass is 35.5. The van der Waals surface area contributed by atoms with E-state index in [1.54, 1.807) is 0 Å². The first-order valence-electron chi connectivity index (χ1n) is 4.46. The van der Waals surface area contributed by atoms with Crippen molar-refractivity contribution < 1.29 is 18.7 Å². The quantitative estimate of drug-likeness (QED) is 0.860. The molecular formula is C10H10ClF2NO2. The Hall–Kier alpha value is -1.20. The van der Waals surface area contributed by atoms with E-state index in [-0.39, 0.29) is 22.6 Å². The standard InChI is InChI=1S/C10H10ClF2NO2/c11-6-1-2-7(9(12)13)5(3-6)4-8(14)10(15)16/h1-3,8-9H,4,14H2,(H,15,16). The number of carboxylic acids is 1. The molecule has 1 rings (SSSR count). The van der Waals surface area contributed by atoms with Gasteiger partial charge in [-0.05, 0) is 24.1 Å². The molecule has 1 aromatic rings. The average Bonchev–Trinajstić information content (AvgIpc) is 2.16. The number of benzene rings is 1. The van der Waals surface area contributed by atoms with Crippen LogP contribution in [0.2, 0.25) is 5.02 Å². The number of hydrogen-bond acceptors (Lipinski definition) is 2. The summed E-state index contributed by atoms with van der Waals surface area (Å²) >= 11 is 5.65. The highest BCUT2D eigenvalue weighted by Gasteiger charge is 2.18. The zero-order chi connectivity index (χ0) is 12.3. The molecule has 0 saturated heterocycles. The van der Waals surface area contributed by atoms with E-state index < -0.39 is 18.4 Å². The van der Waals surface area contributed by atoms with Crippen LogP contribution >= 0.6 is 11.6 Å². The SMILES string of the molecule is NC(Cc1cc(Cl)ccc1C(F)F)C(=O)O. The van der Waals surface area contributed by atoms with Crippen LogP contribution < -0.4 is 5.73 Å². The minimum atomic E-state index is -2.67. The van der Waals surface area contributed by atoms with E-state index in [4.69, 9.17) is 22.4 Å². The van der Waals surface area contributed by atoms with Gasteiger partial charge in [0.25, 0.3) is 6.43 Å². The second-order valence-corrected chi connectivity index (χ2v) is 3.73. The fourth-order valence-electron chi connectivity index (χ4n) is 1.29. The van der Waals surface area contributed by atoms with Crippen molar-refractivity contribution in [1.29, 1.82) is 0 Å². The van der Waals surface area contributed by atoms with Gasteiger partial charge in [0.1, 0.15) is 6.04 Å². The van der Waals surface area contributed by atoms with Crippen molar-refractivity contribution in [3.05, 3.63) is 34.3 Å². The molecule has 1 atom stereocenters. The molecule has 0 amide bonds. The van der Waals surface area contributed by atoms with Crippen molar-refractivity contribution in [3.63, 3.8) is 0 Å². The van der Waals surface area contributed by atoms with Gasteiger partial charge in [-0.25, -0.2) is 8.78 Å². The van der Waals surface area contributed by atoms with Gasteiger partial charge in [-0.2, -0.15) is 0 Å². The van der Waals surface area contributed by atoms with Crippen molar-refractivity contribution in [3.8, 4) is 0 Å². The molecule has 0 fully saturated rings. The third-order valence-corrected chi connectivity index (χ3v) is 2.33. The molecule has 1 unspecified atom stereocenters. The molecule has 0 aliphatic heterocycles. The van der Waals surface area contributed by atoms with Gasteiger partial charge in [0.2, 0.25) is 0 Å². The summed E-state index contributed by atoms with van der Waals surface area (Å²) in [6.45, 7) is 0. The van der Waals surface area contributed by atoms with Crippen LogP contribution in [-0.2, 0) is 11.2 Å². The van der Waals surface area contributed by atoms with Crippen LogP contribution in [0.5, 0.6) is 0 Å². The number of halogens is 3. The first-order valence-corrected chi connectivity index (χ1v) is 4.84. The van der Waals surface area contributed by atoms with Gasteiger partial charge in [0.15, 0.2) is 0 Å². The zero-order valence-corrected chi connectivity index (χ0v) is 8.92. The van der Waals surface area contributed by atoms with Crippen molar-refractivity contribution in [1.82, 2.24) is 0 Å². The Morgan fingerprint density at radius 3 is 2.62 bits per heavy atom. The summed E-state index contributed by atoms with van der Waals surface area (Å²) in [7, 11) is 0. The fraction of sp³-hybridized carbons (Fsp3) is 0.300. The molecule has 0 aromatic heterocycles. The van der Waals surface area contributed by atoms with Crippen LogP contribution in [0.15, 0.2) is 18.2 Å². The molecule has 3 nitrogen and oxygen atoms in total. The molecule has 0 heterocycles. The van der Waals surface area contributed by atoms with E-state index in [1.165, 1.54) is 18.2 Å². The third kappa shape index (κ3) is 3.15. The summed E-state index contributed by atoms with van der Waals surface area (Å²) in [5.74, 6) is -1.24. The number of nitrogens with two attached hydrogens (primary N) is 1. The summed E-state index contributed by atoms with van der Waals surface area (Å²) < 4.78 is 25.2. The molecular weight excluding hydrogens is 240 g/mol. The minimum Gasteiger partial charge on any atom is -0.480 e. The maximum atomic E-state index is 12.6. The van der Waals surface area contributed by atoms with E-state index >= 15 is 0 Å². The number of alkyl halides is 2.